The van der Waals surface area contributed by atoms with E-state index in [0.29, 0.717) is 18.1 Å². The first-order valence-electron chi connectivity index (χ1n) is 10.4. The van der Waals surface area contributed by atoms with Gasteiger partial charge in [0, 0.05) is 24.4 Å². The van der Waals surface area contributed by atoms with Crippen LogP contribution in [0, 0.1) is 0 Å². The van der Waals surface area contributed by atoms with E-state index >= 15 is 0 Å². The fraction of sp³-hybridized carbons (Fsp3) is 0.550. The highest BCUT2D eigenvalue weighted by Gasteiger charge is 2.54. The number of piperidine rings is 1. The molecule has 1 unspecified atom stereocenters. The molecule has 2 aliphatic heterocycles. The van der Waals surface area contributed by atoms with E-state index in [1.807, 2.05) is 19.1 Å². The fourth-order valence-corrected chi connectivity index (χ4v) is 5.16. The highest BCUT2D eigenvalue weighted by molar-refractivity contribution is 6.30. The quantitative estimate of drug-likeness (QED) is 0.742. The highest BCUT2D eigenvalue weighted by Crippen LogP contribution is 2.33. The number of halogens is 1. The van der Waals surface area contributed by atoms with Crippen molar-refractivity contribution in [2.75, 3.05) is 13.1 Å². The zero-order valence-corrected chi connectivity index (χ0v) is 17.8. The molecule has 0 bridgehead atoms. The van der Waals surface area contributed by atoms with Crippen LogP contribution >= 0.6 is 11.6 Å². The van der Waals surface area contributed by atoms with Crippen LogP contribution in [-0.4, -0.2) is 66.7 Å². The van der Waals surface area contributed by atoms with E-state index in [9.17, 15) is 9.59 Å². The first-order chi connectivity index (χ1) is 14.4. The molecule has 3 atom stereocenters. The maximum Gasteiger partial charge on any atom is 0.421 e. The van der Waals surface area contributed by atoms with E-state index in [-0.39, 0.29) is 22.5 Å². The van der Waals surface area contributed by atoms with E-state index < -0.39 is 6.03 Å². The predicted molar refractivity (Wildman–Crippen MR) is 111 cm³/mol. The molecule has 2 aromatic rings. The molecular weight excluding hydrogens is 406 g/mol. The number of hydrogen-bond donors (Lipinski definition) is 1. The molecule has 1 aromatic heterocycles. The average molecular weight is 433 g/mol. The number of quaternary nitrogens is 1. The number of carbonyl (C=O) groups is 2. The molecule has 1 aromatic carbocycles. The Morgan fingerprint density at radius 1 is 1.27 bits per heavy atom. The molecule has 2 saturated heterocycles. The van der Waals surface area contributed by atoms with Crippen molar-refractivity contribution in [2.45, 2.75) is 57.7 Å². The third-order valence-corrected chi connectivity index (χ3v) is 6.82. The minimum absolute atomic E-state index is 0.0711. The molecule has 160 valence electrons. The molecule has 2 N–H and O–H groups in total. The van der Waals surface area contributed by atoms with Crippen LogP contribution in [0.5, 0.6) is 0 Å². The Bertz CT molecular complexity index is 935. The van der Waals surface area contributed by atoms with Gasteiger partial charge in [0.2, 0.25) is 0 Å². The minimum atomic E-state index is -0.535. The monoisotopic (exact) mass is 432 g/mol. The van der Waals surface area contributed by atoms with E-state index in [0.717, 1.165) is 49.9 Å². The zero-order valence-electron chi connectivity index (χ0n) is 17.1. The lowest BCUT2D eigenvalue weighted by Gasteiger charge is -2.40. The number of likely N-dealkylation sites (tertiary alicyclic amines) is 2. The molecular formula is C20H27ClN7O2+. The summed E-state index contributed by atoms with van der Waals surface area (Å²) in [5.74, 6) is -0.0711. The number of carbonyl (C=O) groups excluding carboxylic acids is 2. The van der Waals surface area contributed by atoms with Crippen molar-refractivity contribution < 1.29 is 14.1 Å². The minimum Gasteiger partial charge on any atom is -0.318 e. The fourth-order valence-electron chi connectivity index (χ4n) is 4.96. The van der Waals surface area contributed by atoms with Gasteiger partial charge in [-0.1, -0.05) is 11.6 Å². The van der Waals surface area contributed by atoms with Crippen molar-refractivity contribution in [2.24, 2.45) is 5.73 Å². The second-order valence-electron chi connectivity index (χ2n) is 8.27. The molecule has 30 heavy (non-hydrogen) atoms. The number of primary amides is 1. The van der Waals surface area contributed by atoms with E-state index in [2.05, 4.69) is 20.4 Å². The normalized spacial score (nSPS) is 27.3. The Kier molecular flexibility index (Phi) is 5.86. The summed E-state index contributed by atoms with van der Waals surface area (Å²) in [6.45, 7) is 3.73. The van der Waals surface area contributed by atoms with E-state index in [1.165, 1.54) is 6.33 Å². The van der Waals surface area contributed by atoms with Crippen LogP contribution in [0.25, 0.3) is 5.69 Å². The molecule has 9 nitrogen and oxygen atoms in total. The molecule has 0 saturated carbocycles. The van der Waals surface area contributed by atoms with Crippen LogP contribution in [0.3, 0.4) is 0 Å². The number of tetrazole rings is 1. The number of benzene rings is 1. The number of nitrogens with zero attached hydrogens (tertiary/aromatic N) is 6. The Hall–Kier alpha value is -2.36. The van der Waals surface area contributed by atoms with Crippen LogP contribution in [0.15, 0.2) is 24.5 Å². The summed E-state index contributed by atoms with van der Waals surface area (Å²) < 4.78 is 1.35. The van der Waals surface area contributed by atoms with Gasteiger partial charge < -0.3 is 5.73 Å². The van der Waals surface area contributed by atoms with Crippen LogP contribution in [0.1, 0.15) is 44.6 Å². The Morgan fingerprint density at radius 3 is 2.77 bits per heavy atom. The lowest BCUT2D eigenvalue weighted by molar-refractivity contribution is -0.785. The topological polar surface area (TPSA) is 107 Å². The van der Waals surface area contributed by atoms with Crippen LogP contribution in [0.2, 0.25) is 5.02 Å². The molecule has 10 heteroatoms. The van der Waals surface area contributed by atoms with E-state index in [1.54, 1.807) is 10.7 Å². The lowest BCUT2D eigenvalue weighted by Crippen LogP contribution is -2.66. The standard InChI is InChI=1S/C20H26ClN7O2/c1-14-5-4-10-28(14,20(22)30)19(29)18-6-2-3-9-26(18)12-15-11-16(21)7-8-17(15)27-13-23-24-25-27/h7-8,11,13-14,18H,2-6,9-10,12H2,1H3,(H-,22,30)/p+1/t14-,18-,28?/m1/s1. The van der Waals surface area contributed by atoms with Gasteiger partial charge in [0.15, 0.2) is 0 Å². The lowest BCUT2D eigenvalue weighted by atomic mass is 9.98. The number of amides is 3. The van der Waals surface area contributed by atoms with Crippen molar-refractivity contribution in [3.05, 3.63) is 35.1 Å². The van der Waals surface area contributed by atoms with Gasteiger partial charge in [0.25, 0.3) is 0 Å². The van der Waals surface area contributed by atoms with E-state index in [4.69, 9.17) is 17.3 Å². The third-order valence-electron chi connectivity index (χ3n) is 6.58. The Labute approximate surface area is 180 Å². The first-order valence-corrected chi connectivity index (χ1v) is 10.8. The summed E-state index contributed by atoms with van der Waals surface area (Å²) in [5, 5.41) is 12.0. The number of hydrogen-bond acceptors (Lipinski definition) is 6. The first kappa shape index (κ1) is 20.9. The summed E-state index contributed by atoms with van der Waals surface area (Å²) in [6, 6.07) is 4.57. The third kappa shape index (κ3) is 3.61. The average Bonchev–Trinajstić information content (AvgIpc) is 3.38. The number of urea groups is 1. The molecule has 2 fully saturated rings. The molecule has 4 rings (SSSR count). The smallest absolute Gasteiger partial charge is 0.318 e. The van der Waals surface area contributed by atoms with Gasteiger partial charge in [-0.25, -0.2) is 14.3 Å². The second-order valence-corrected chi connectivity index (χ2v) is 8.71. The van der Waals surface area contributed by atoms with Crippen LogP contribution in [-0.2, 0) is 11.3 Å². The maximum atomic E-state index is 13.7. The molecule has 2 aliphatic rings. The van der Waals surface area contributed by atoms with Gasteiger partial charge >= 0.3 is 11.9 Å². The molecule has 3 heterocycles. The van der Waals surface area contributed by atoms with Gasteiger partial charge in [0.1, 0.15) is 18.4 Å². The van der Waals surface area contributed by atoms with Gasteiger partial charge in [-0.15, -0.1) is 5.10 Å². The maximum absolute atomic E-state index is 13.7. The Balaban J connectivity index is 1.65. The SMILES string of the molecule is C[C@@H]1CCC[N+]1(C(N)=O)C(=O)[C@H]1CCCCN1Cc1cc(Cl)ccc1-n1cnnn1. The molecule has 3 amide bonds. The number of rotatable bonds is 4. The van der Waals surface area contributed by atoms with Crippen molar-refractivity contribution in [3.63, 3.8) is 0 Å². The summed E-state index contributed by atoms with van der Waals surface area (Å²) in [6.07, 6.45) is 5.87. The highest BCUT2D eigenvalue weighted by atomic mass is 35.5. The van der Waals surface area contributed by atoms with Crippen molar-refractivity contribution in [1.82, 2.24) is 25.1 Å². The van der Waals surface area contributed by atoms with Crippen LogP contribution < -0.4 is 5.73 Å². The number of imide groups is 1. The molecule has 0 spiro atoms. The predicted octanol–water partition coefficient (Wildman–Crippen LogP) is 2.27. The zero-order chi connectivity index (χ0) is 21.3. The van der Waals surface area contributed by atoms with Gasteiger partial charge in [-0.2, -0.15) is 4.48 Å². The van der Waals surface area contributed by atoms with Crippen molar-refractivity contribution in [3.8, 4) is 5.69 Å². The largest absolute Gasteiger partial charge is 0.421 e. The van der Waals surface area contributed by atoms with Crippen LogP contribution in [0.4, 0.5) is 4.79 Å². The number of aromatic nitrogens is 4. The number of nitrogens with two attached hydrogens (primary N) is 1. The Morgan fingerprint density at radius 2 is 2.10 bits per heavy atom. The molecule has 0 radical (unpaired) electrons. The summed E-state index contributed by atoms with van der Waals surface area (Å²) in [4.78, 5) is 28.3. The summed E-state index contributed by atoms with van der Waals surface area (Å²) in [5.41, 5.74) is 7.53. The van der Waals surface area contributed by atoms with Crippen molar-refractivity contribution in [1.29, 1.82) is 0 Å². The molecule has 0 aliphatic carbocycles. The summed E-state index contributed by atoms with van der Waals surface area (Å²) >= 11 is 6.27. The van der Waals surface area contributed by atoms with Gasteiger partial charge in [-0.3, -0.25) is 4.90 Å². The van der Waals surface area contributed by atoms with Gasteiger partial charge in [0.05, 0.1) is 12.2 Å². The van der Waals surface area contributed by atoms with Gasteiger partial charge in [-0.05, 0) is 66.9 Å². The summed E-state index contributed by atoms with van der Waals surface area (Å²) in [7, 11) is 0. The van der Waals surface area contributed by atoms with Crippen molar-refractivity contribution >= 4 is 23.5 Å². The second kappa shape index (κ2) is 8.41.